The second-order valence-electron chi connectivity index (χ2n) is 6.77. The quantitative estimate of drug-likeness (QED) is 0.545. The van der Waals surface area contributed by atoms with E-state index < -0.39 is 11.5 Å². The lowest BCUT2D eigenvalue weighted by molar-refractivity contribution is -0.137. The van der Waals surface area contributed by atoms with Crippen molar-refractivity contribution in [2.45, 2.75) is 31.7 Å². The van der Waals surface area contributed by atoms with Crippen LogP contribution < -0.4 is 5.32 Å². The number of hydrogen-bond donors (Lipinski definition) is 2. The lowest BCUT2D eigenvalue weighted by Crippen LogP contribution is -2.46. The van der Waals surface area contributed by atoms with Gasteiger partial charge in [0.05, 0.1) is 5.69 Å². The zero-order chi connectivity index (χ0) is 19.8. The van der Waals surface area contributed by atoms with Gasteiger partial charge in [-0.15, -0.1) is 0 Å². The number of aromatic nitrogens is 1. The van der Waals surface area contributed by atoms with Crippen molar-refractivity contribution in [2.24, 2.45) is 0 Å². The van der Waals surface area contributed by atoms with Crippen LogP contribution >= 0.6 is 0 Å². The molecule has 3 rings (SSSR count). The molecule has 1 unspecified atom stereocenters. The zero-order valence-corrected chi connectivity index (χ0v) is 16.1. The van der Waals surface area contributed by atoms with Crippen LogP contribution in [0, 0.1) is 0 Å². The molecule has 0 bridgehead atoms. The van der Waals surface area contributed by atoms with Crippen molar-refractivity contribution in [3.05, 3.63) is 101 Å². The first-order chi connectivity index (χ1) is 13.7. The summed E-state index contributed by atoms with van der Waals surface area (Å²) < 4.78 is 0. The van der Waals surface area contributed by atoms with E-state index in [4.69, 9.17) is 10.1 Å². The number of pyridine rings is 1. The summed E-state index contributed by atoms with van der Waals surface area (Å²) >= 11 is 0. The number of nitrogens with zero attached hydrogens (tertiary/aromatic N) is 1. The fraction of sp³-hybridized carbons (Fsp3) is 0.250. The number of aryl methyl sites for hydroxylation is 1. The van der Waals surface area contributed by atoms with Crippen LogP contribution in [0.3, 0.4) is 0 Å². The summed E-state index contributed by atoms with van der Waals surface area (Å²) in [6.45, 7) is 2.72. The van der Waals surface area contributed by atoms with Crippen LogP contribution in [0.5, 0.6) is 0 Å². The van der Waals surface area contributed by atoms with Crippen LogP contribution in [-0.2, 0) is 16.8 Å². The highest BCUT2D eigenvalue weighted by Gasteiger charge is 2.38. The Morgan fingerprint density at radius 2 is 1.71 bits per heavy atom. The Labute approximate surface area is 166 Å². The Morgan fingerprint density at radius 1 is 1.00 bits per heavy atom. The van der Waals surface area contributed by atoms with Crippen LogP contribution in [0.15, 0.2) is 79.0 Å². The number of carboxylic acids is 1. The van der Waals surface area contributed by atoms with E-state index >= 15 is 0 Å². The largest absolute Gasteiger partial charge is 0.481 e. The minimum atomic E-state index is -0.779. The molecule has 0 aliphatic heterocycles. The second-order valence-corrected chi connectivity index (χ2v) is 6.77. The second kappa shape index (κ2) is 9.29. The minimum Gasteiger partial charge on any atom is -0.481 e. The van der Waals surface area contributed by atoms with Gasteiger partial charge in [-0.05, 0) is 48.2 Å². The van der Waals surface area contributed by atoms with Gasteiger partial charge in [-0.1, -0.05) is 67.6 Å². The molecule has 28 heavy (non-hydrogen) atoms. The standard InChI is InChI=1S/C24H26N2O2/c1-2-19-11-6-7-14-21(19)24(20-12-4-3-5-13-20,22-15-8-9-17-25-22)26-18-10-16-23(27)28/h3-9,11-15,17,26H,2,10,16,18H2,1H3,(H,27,28). The maximum absolute atomic E-state index is 11.0. The van der Waals surface area contributed by atoms with Gasteiger partial charge in [0.25, 0.3) is 0 Å². The first kappa shape index (κ1) is 19.8. The highest BCUT2D eigenvalue weighted by Crippen LogP contribution is 2.37. The molecule has 0 aliphatic rings. The monoisotopic (exact) mass is 374 g/mol. The van der Waals surface area contributed by atoms with Gasteiger partial charge in [0.1, 0.15) is 5.54 Å². The van der Waals surface area contributed by atoms with Gasteiger partial charge >= 0.3 is 5.97 Å². The third kappa shape index (κ3) is 4.12. The number of rotatable bonds is 9. The van der Waals surface area contributed by atoms with Crippen LogP contribution in [0.4, 0.5) is 0 Å². The fourth-order valence-electron chi connectivity index (χ4n) is 3.71. The highest BCUT2D eigenvalue weighted by atomic mass is 16.4. The van der Waals surface area contributed by atoms with Crippen molar-refractivity contribution in [3.8, 4) is 0 Å². The molecule has 0 amide bonds. The molecule has 0 saturated heterocycles. The lowest BCUT2D eigenvalue weighted by Gasteiger charge is -2.37. The molecule has 3 aromatic rings. The molecule has 0 saturated carbocycles. The molecule has 4 nitrogen and oxygen atoms in total. The molecular formula is C24H26N2O2. The van der Waals surface area contributed by atoms with Crippen molar-refractivity contribution in [1.29, 1.82) is 0 Å². The molecule has 0 spiro atoms. The first-order valence-corrected chi connectivity index (χ1v) is 9.70. The normalized spacial score (nSPS) is 13.0. The van der Waals surface area contributed by atoms with E-state index in [1.54, 1.807) is 6.20 Å². The van der Waals surface area contributed by atoms with Crippen LogP contribution in [-0.4, -0.2) is 22.6 Å². The van der Waals surface area contributed by atoms with E-state index in [0.717, 1.165) is 23.2 Å². The molecular weight excluding hydrogens is 348 g/mol. The molecule has 1 atom stereocenters. The zero-order valence-electron chi connectivity index (χ0n) is 16.1. The third-order valence-electron chi connectivity index (χ3n) is 5.02. The van der Waals surface area contributed by atoms with Crippen LogP contribution in [0.25, 0.3) is 0 Å². The summed E-state index contributed by atoms with van der Waals surface area (Å²) in [6, 6.07) is 24.6. The number of carboxylic acid groups (broad SMARTS) is 1. The molecule has 0 fully saturated rings. The van der Waals surface area contributed by atoms with E-state index in [1.165, 1.54) is 5.56 Å². The van der Waals surface area contributed by atoms with Gasteiger partial charge in [-0.25, -0.2) is 0 Å². The smallest absolute Gasteiger partial charge is 0.303 e. The van der Waals surface area contributed by atoms with Gasteiger partial charge in [0, 0.05) is 12.6 Å². The Bertz CT molecular complexity index is 855. The summed E-state index contributed by atoms with van der Waals surface area (Å²) in [5.41, 5.74) is 3.73. The summed E-state index contributed by atoms with van der Waals surface area (Å²) in [7, 11) is 0. The minimum absolute atomic E-state index is 0.134. The predicted octanol–water partition coefficient (Wildman–Crippen LogP) is 4.39. The topological polar surface area (TPSA) is 62.2 Å². The molecule has 144 valence electrons. The maximum Gasteiger partial charge on any atom is 0.303 e. The molecule has 1 heterocycles. The highest BCUT2D eigenvalue weighted by molar-refractivity contribution is 5.66. The summed E-state index contributed by atoms with van der Waals surface area (Å²) in [4.78, 5) is 15.7. The predicted molar refractivity (Wildman–Crippen MR) is 111 cm³/mol. The van der Waals surface area contributed by atoms with Crippen molar-refractivity contribution >= 4 is 5.97 Å². The van der Waals surface area contributed by atoms with Crippen molar-refractivity contribution in [3.63, 3.8) is 0 Å². The number of aliphatic carboxylic acids is 1. The third-order valence-corrected chi connectivity index (χ3v) is 5.02. The molecule has 2 N–H and O–H groups in total. The number of hydrogen-bond acceptors (Lipinski definition) is 3. The average molecular weight is 374 g/mol. The van der Waals surface area contributed by atoms with Gasteiger partial charge in [0.2, 0.25) is 0 Å². The number of benzene rings is 2. The molecule has 0 radical (unpaired) electrons. The van der Waals surface area contributed by atoms with E-state index in [1.807, 2.05) is 42.5 Å². The fourth-order valence-corrected chi connectivity index (χ4v) is 3.71. The number of nitrogens with one attached hydrogen (secondary N) is 1. The molecule has 4 heteroatoms. The van der Waals surface area contributed by atoms with Crippen LogP contribution in [0.2, 0.25) is 0 Å². The number of carbonyl (C=O) groups is 1. The van der Waals surface area contributed by atoms with Gasteiger partial charge in [0.15, 0.2) is 0 Å². The van der Waals surface area contributed by atoms with Gasteiger partial charge < -0.3 is 5.11 Å². The summed E-state index contributed by atoms with van der Waals surface area (Å²) in [5.74, 6) is -0.779. The molecule has 1 aromatic heterocycles. The van der Waals surface area contributed by atoms with E-state index in [9.17, 15) is 4.79 Å². The van der Waals surface area contributed by atoms with Crippen LogP contribution in [0.1, 0.15) is 42.1 Å². The summed E-state index contributed by atoms with van der Waals surface area (Å²) in [6.07, 6.45) is 3.38. The SMILES string of the molecule is CCc1ccccc1C(NCCCC(=O)O)(c1ccccc1)c1ccccn1. The lowest BCUT2D eigenvalue weighted by atomic mass is 9.77. The Hall–Kier alpha value is -2.98. The van der Waals surface area contributed by atoms with E-state index in [0.29, 0.717) is 13.0 Å². The molecule has 2 aromatic carbocycles. The van der Waals surface area contributed by atoms with Gasteiger partial charge in [-0.3, -0.25) is 15.1 Å². The Morgan fingerprint density at radius 3 is 2.39 bits per heavy atom. The maximum atomic E-state index is 11.0. The van der Waals surface area contributed by atoms with E-state index in [2.05, 4.69) is 42.6 Å². The Balaban J connectivity index is 2.18. The Kier molecular flexibility index (Phi) is 6.56. The first-order valence-electron chi connectivity index (χ1n) is 9.70. The van der Waals surface area contributed by atoms with E-state index in [-0.39, 0.29) is 6.42 Å². The van der Waals surface area contributed by atoms with Crippen molar-refractivity contribution in [2.75, 3.05) is 6.54 Å². The van der Waals surface area contributed by atoms with Crippen molar-refractivity contribution < 1.29 is 9.90 Å². The van der Waals surface area contributed by atoms with Crippen molar-refractivity contribution in [1.82, 2.24) is 10.3 Å². The van der Waals surface area contributed by atoms with Gasteiger partial charge in [-0.2, -0.15) is 0 Å². The average Bonchev–Trinajstić information content (AvgIpc) is 2.75. The molecule has 0 aliphatic carbocycles. The summed E-state index contributed by atoms with van der Waals surface area (Å²) in [5, 5.41) is 12.7.